The summed E-state index contributed by atoms with van der Waals surface area (Å²) in [5.41, 5.74) is 2.56. The highest BCUT2D eigenvalue weighted by molar-refractivity contribution is 5.95. The fourth-order valence-corrected chi connectivity index (χ4v) is 3.10. The van der Waals surface area contributed by atoms with Crippen molar-refractivity contribution in [3.63, 3.8) is 0 Å². The third-order valence-corrected chi connectivity index (χ3v) is 4.46. The lowest BCUT2D eigenvalue weighted by Crippen LogP contribution is -2.47. The Morgan fingerprint density at radius 3 is 2.67 bits per heavy atom. The van der Waals surface area contributed by atoms with Crippen LogP contribution in [0.5, 0.6) is 0 Å². The first-order valence-electron chi connectivity index (χ1n) is 8.94. The van der Waals surface area contributed by atoms with Gasteiger partial charge in [-0.25, -0.2) is 4.98 Å². The van der Waals surface area contributed by atoms with Crippen molar-refractivity contribution in [3.8, 4) is 0 Å². The molecular formula is C19H23N5O3. The largest absolute Gasteiger partial charge is 0.350 e. The van der Waals surface area contributed by atoms with Crippen LogP contribution in [0.2, 0.25) is 0 Å². The first-order valence-corrected chi connectivity index (χ1v) is 8.94. The lowest BCUT2D eigenvalue weighted by molar-refractivity contribution is -0.128. The Kier molecular flexibility index (Phi) is 5.85. The van der Waals surface area contributed by atoms with E-state index >= 15 is 0 Å². The number of aromatic amines is 1. The second-order valence-electron chi connectivity index (χ2n) is 6.57. The van der Waals surface area contributed by atoms with Gasteiger partial charge in [0.2, 0.25) is 17.7 Å². The molecule has 1 atom stereocenters. The summed E-state index contributed by atoms with van der Waals surface area (Å²) in [6.45, 7) is 2.47. The van der Waals surface area contributed by atoms with Crippen LogP contribution in [0.4, 0.5) is 5.69 Å². The maximum absolute atomic E-state index is 12.5. The number of nitrogens with zero attached hydrogens (tertiary/aromatic N) is 2. The van der Waals surface area contributed by atoms with Gasteiger partial charge in [0.05, 0.1) is 6.33 Å². The van der Waals surface area contributed by atoms with Crippen molar-refractivity contribution in [1.82, 2.24) is 20.6 Å². The van der Waals surface area contributed by atoms with Crippen molar-refractivity contribution in [1.29, 1.82) is 0 Å². The van der Waals surface area contributed by atoms with Gasteiger partial charge in [-0.3, -0.25) is 14.4 Å². The minimum absolute atomic E-state index is 0.146. The summed E-state index contributed by atoms with van der Waals surface area (Å²) >= 11 is 0. The normalized spacial score (nSPS) is 14.9. The molecule has 8 heteroatoms. The lowest BCUT2D eigenvalue weighted by atomic mass is 10.1. The topological polar surface area (TPSA) is 107 Å². The molecule has 1 aromatic heterocycles. The third kappa shape index (κ3) is 4.93. The van der Waals surface area contributed by atoms with Gasteiger partial charge >= 0.3 is 0 Å². The number of rotatable bonds is 7. The maximum atomic E-state index is 12.5. The van der Waals surface area contributed by atoms with Crippen LogP contribution in [-0.2, 0) is 27.3 Å². The van der Waals surface area contributed by atoms with Gasteiger partial charge in [-0.1, -0.05) is 12.1 Å². The maximum Gasteiger partial charge on any atom is 0.243 e. The highest BCUT2D eigenvalue weighted by atomic mass is 16.2. The molecule has 2 aromatic rings. The number of carbonyl (C=O) groups excluding carboxylic acids is 3. The summed E-state index contributed by atoms with van der Waals surface area (Å²) in [5, 5.41) is 5.51. The van der Waals surface area contributed by atoms with Crippen LogP contribution in [0, 0.1) is 0 Å². The highest BCUT2D eigenvalue weighted by Gasteiger charge is 2.22. The van der Waals surface area contributed by atoms with Crippen molar-refractivity contribution in [3.05, 3.63) is 48.0 Å². The number of hydrogen-bond acceptors (Lipinski definition) is 4. The molecule has 0 radical (unpaired) electrons. The molecule has 1 aliphatic rings. The first-order chi connectivity index (χ1) is 13.0. The smallest absolute Gasteiger partial charge is 0.243 e. The van der Waals surface area contributed by atoms with E-state index in [1.165, 1.54) is 13.3 Å². The number of anilines is 1. The van der Waals surface area contributed by atoms with E-state index < -0.39 is 6.04 Å². The Hall–Kier alpha value is -3.16. The van der Waals surface area contributed by atoms with E-state index in [0.29, 0.717) is 19.4 Å². The number of benzene rings is 1. The minimum Gasteiger partial charge on any atom is -0.350 e. The zero-order valence-electron chi connectivity index (χ0n) is 15.2. The monoisotopic (exact) mass is 369 g/mol. The van der Waals surface area contributed by atoms with E-state index in [1.807, 2.05) is 24.3 Å². The Labute approximate surface area is 157 Å². The summed E-state index contributed by atoms with van der Waals surface area (Å²) in [7, 11) is 0. The van der Waals surface area contributed by atoms with Crippen LogP contribution >= 0.6 is 0 Å². The van der Waals surface area contributed by atoms with Crippen LogP contribution in [0.15, 0.2) is 36.8 Å². The lowest BCUT2D eigenvalue weighted by Gasteiger charge is -2.18. The number of H-pyrrole nitrogens is 1. The Morgan fingerprint density at radius 2 is 2.07 bits per heavy atom. The molecule has 3 rings (SSSR count). The van der Waals surface area contributed by atoms with Crippen molar-refractivity contribution in [2.45, 2.75) is 38.8 Å². The fraction of sp³-hybridized carbons (Fsp3) is 0.368. The number of carbonyl (C=O) groups is 3. The van der Waals surface area contributed by atoms with Gasteiger partial charge in [-0.05, 0) is 24.1 Å². The number of aromatic nitrogens is 2. The van der Waals surface area contributed by atoms with Gasteiger partial charge in [0.15, 0.2) is 0 Å². The van der Waals surface area contributed by atoms with Gasteiger partial charge in [0.25, 0.3) is 0 Å². The standard InChI is InChI=1S/C19H23N5O3/c1-13(25)23-17(9-15-11-20-12-22-15)19(27)21-10-14-4-6-16(7-5-14)24-8-2-3-18(24)26/h4-7,11-12,17H,2-3,8-10H2,1H3,(H,20,22)(H,21,27)(H,23,25)/t17-/m0/s1. The van der Waals surface area contributed by atoms with Gasteiger partial charge in [0, 0.05) is 50.4 Å². The number of imidazole rings is 1. The number of hydrogen-bond donors (Lipinski definition) is 3. The summed E-state index contributed by atoms with van der Waals surface area (Å²) in [6, 6.07) is 6.89. The van der Waals surface area contributed by atoms with Crippen LogP contribution in [0.1, 0.15) is 31.0 Å². The molecule has 0 bridgehead atoms. The Bertz CT molecular complexity index is 801. The molecular weight excluding hydrogens is 346 g/mol. The summed E-state index contributed by atoms with van der Waals surface area (Å²) in [6.07, 6.45) is 4.98. The minimum atomic E-state index is -0.676. The van der Waals surface area contributed by atoms with E-state index in [9.17, 15) is 14.4 Å². The van der Waals surface area contributed by atoms with Gasteiger partial charge in [-0.2, -0.15) is 0 Å². The molecule has 0 unspecified atom stereocenters. The molecule has 27 heavy (non-hydrogen) atoms. The van der Waals surface area contributed by atoms with E-state index in [0.717, 1.165) is 29.9 Å². The van der Waals surface area contributed by atoms with E-state index in [-0.39, 0.29) is 17.7 Å². The molecule has 1 aliphatic heterocycles. The molecule has 0 saturated carbocycles. The van der Waals surface area contributed by atoms with Crippen LogP contribution in [-0.4, -0.2) is 40.3 Å². The number of amides is 3. The summed E-state index contributed by atoms with van der Waals surface area (Å²) in [5.74, 6) is -0.388. The van der Waals surface area contributed by atoms with Crippen molar-refractivity contribution in [2.75, 3.05) is 11.4 Å². The average Bonchev–Trinajstić information content (AvgIpc) is 3.31. The molecule has 142 valence electrons. The molecule has 1 aromatic carbocycles. The second-order valence-corrected chi connectivity index (χ2v) is 6.57. The molecule has 1 saturated heterocycles. The van der Waals surface area contributed by atoms with Crippen molar-refractivity contribution >= 4 is 23.4 Å². The Morgan fingerprint density at radius 1 is 1.30 bits per heavy atom. The molecule has 0 spiro atoms. The van der Waals surface area contributed by atoms with Crippen molar-refractivity contribution in [2.24, 2.45) is 0 Å². The average molecular weight is 369 g/mol. The van der Waals surface area contributed by atoms with Crippen LogP contribution < -0.4 is 15.5 Å². The van der Waals surface area contributed by atoms with Crippen LogP contribution in [0.25, 0.3) is 0 Å². The molecule has 3 amide bonds. The van der Waals surface area contributed by atoms with Gasteiger partial charge in [0.1, 0.15) is 6.04 Å². The predicted octanol–water partition coefficient (Wildman–Crippen LogP) is 0.900. The second kappa shape index (κ2) is 8.48. The molecule has 0 aliphatic carbocycles. The third-order valence-electron chi connectivity index (χ3n) is 4.46. The van der Waals surface area contributed by atoms with E-state index in [2.05, 4.69) is 20.6 Å². The SMILES string of the molecule is CC(=O)N[C@@H](Cc1cnc[nH]1)C(=O)NCc1ccc(N2CCCC2=O)cc1. The summed E-state index contributed by atoms with van der Waals surface area (Å²) < 4.78 is 0. The van der Waals surface area contributed by atoms with E-state index in [4.69, 9.17) is 0 Å². The number of nitrogens with one attached hydrogen (secondary N) is 3. The molecule has 3 N–H and O–H groups in total. The van der Waals surface area contributed by atoms with Gasteiger partial charge in [-0.15, -0.1) is 0 Å². The zero-order valence-corrected chi connectivity index (χ0v) is 15.2. The quantitative estimate of drug-likeness (QED) is 0.674. The predicted molar refractivity (Wildman–Crippen MR) is 99.8 cm³/mol. The zero-order chi connectivity index (χ0) is 19.2. The molecule has 2 heterocycles. The highest BCUT2D eigenvalue weighted by Crippen LogP contribution is 2.21. The summed E-state index contributed by atoms with van der Waals surface area (Å²) in [4.78, 5) is 44.3. The Balaban J connectivity index is 1.57. The van der Waals surface area contributed by atoms with Crippen LogP contribution in [0.3, 0.4) is 0 Å². The molecule has 1 fully saturated rings. The molecule has 8 nitrogen and oxygen atoms in total. The van der Waals surface area contributed by atoms with Crippen molar-refractivity contribution < 1.29 is 14.4 Å². The first kappa shape index (κ1) is 18.6. The fourth-order valence-electron chi connectivity index (χ4n) is 3.10. The van der Waals surface area contributed by atoms with Gasteiger partial charge < -0.3 is 20.5 Å². The van der Waals surface area contributed by atoms with E-state index in [1.54, 1.807) is 11.1 Å².